The monoisotopic (exact) mass is 420 g/mol. The van der Waals surface area contributed by atoms with Crippen LogP contribution in [0.25, 0.3) is 6.08 Å². The molecule has 0 bridgehead atoms. The second-order valence-electron chi connectivity index (χ2n) is 6.01. The van der Waals surface area contributed by atoms with E-state index in [4.69, 9.17) is 17.0 Å². The fraction of sp³-hybridized carbons (Fsp3) is 0.150. The van der Waals surface area contributed by atoms with Gasteiger partial charge in [-0.3, -0.25) is 19.8 Å². The number of alkyl halides is 3. The first-order chi connectivity index (χ1) is 13.7. The molecule has 0 atom stereocenters. The van der Waals surface area contributed by atoms with Gasteiger partial charge in [0.2, 0.25) is 0 Å². The zero-order valence-electron chi connectivity index (χ0n) is 15.1. The van der Waals surface area contributed by atoms with Crippen molar-refractivity contribution >= 4 is 40.9 Å². The maximum Gasteiger partial charge on any atom is 0.416 e. The number of nitrogens with zero attached hydrogens (tertiary/aromatic N) is 1. The Labute approximate surface area is 169 Å². The van der Waals surface area contributed by atoms with E-state index in [9.17, 15) is 22.8 Å². The molecule has 0 spiro atoms. The van der Waals surface area contributed by atoms with E-state index in [2.05, 4.69) is 5.32 Å². The number of carbonyl (C=O) groups excluding carboxylic acids is 2. The molecule has 1 aliphatic rings. The van der Waals surface area contributed by atoms with Crippen molar-refractivity contribution in [3.8, 4) is 5.75 Å². The number of rotatable bonds is 4. The summed E-state index contributed by atoms with van der Waals surface area (Å²) in [5, 5.41) is 2.05. The van der Waals surface area contributed by atoms with Gasteiger partial charge in [-0.2, -0.15) is 13.2 Å². The van der Waals surface area contributed by atoms with Crippen LogP contribution in [0.2, 0.25) is 0 Å². The first-order valence-corrected chi connectivity index (χ1v) is 8.93. The molecular weight excluding hydrogens is 405 g/mol. The summed E-state index contributed by atoms with van der Waals surface area (Å²) >= 11 is 5.01. The van der Waals surface area contributed by atoms with Gasteiger partial charge in [-0.1, -0.05) is 18.2 Å². The highest BCUT2D eigenvalue weighted by atomic mass is 32.1. The molecule has 150 valence electrons. The van der Waals surface area contributed by atoms with Crippen LogP contribution in [-0.2, 0) is 15.8 Å². The molecule has 0 unspecified atom stereocenters. The van der Waals surface area contributed by atoms with Gasteiger partial charge in [-0.25, -0.2) is 0 Å². The highest BCUT2D eigenvalue weighted by Gasteiger charge is 2.36. The van der Waals surface area contributed by atoms with Crippen molar-refractivity contribution in [3.05, 3.63) is 65.2 Å². The van der Waals surface area contributed by atoms with Crippen LogP contribution >= 0.6 is 12.2 Å². The van der Waals surface area contributed by atoms with Crippen molar-refractivity contribution in [1.29, 1.82) is 0 Å². The lowest BCUT2D eigenvalue weighted by atomic mass is 10.1. The van der Waals surface area contributed by atoms with Gasteiger partial charge in [0, 0.05) is 0 Å². The third kappa shape index (κ3) is 4.45. The topological polar surface area (TPSA) is 58.6 Å². The van der Waals surface area contributed by atoms with E-state index >= 15 is 0 Å². The molecular formula is C20H15F3N2O3S. The smallest absolute Gasteiger partial charge is 0.416 e. The third-order valence-electron chi connectivity index (χ3n) is 4.04. The first kappa shape index (κ1) is 20.5. The Hall–Kier alpha value is -3.20. The molecule has 3 rings (SSSR count). The lowest BCUT2D eigenvalue weighted by Crippen LogP contribution is -2.54. The van der Waals surface area contributed by atoms with E-state index in [0.717, 1.165) is 17.0 Å². The molecule has 2 aromatic rings. The molecule has 0 aromatic heterocycles. The van der Waals surface area contributed by atoms with E-state index in [1.54, 1.807) is 24.3 Å². The van der Waals surface area contributed by atoms with Crippen LogP contribution in [0.15, 0.2) is 54.1 Å². The number of hydrogen-bond donors (Lipinski definition) is 1. The van der Waals surface area contributed by atoms with Gasteiger partial charge in [-0.15, -0.1) is 0 Å². The summed E-state index contributed by atoms with van der Waals surface area (Å²) in [6.45, 7) is 2.33. The third-order valence-corrected chi connectivity index (χ3v) is 4.32. The number of carbonyl (C=O) groups is 2. The molecule has 0 aliphatic carbocycles. The van der Waals surface area contributed by atoms with Crippen LogP contribution in [-0.4, -0.2) is 23.5 Å². The number of amides is 2. The molecule has 1 saturated heterocycles. The summed E-state index contributed by atoms with van der Waals surface area (Å²) in [4.78, 5) is 26.0. The molecule has 1 heterocycles. The summed E-state index contributed by atoms with van der Waals surface area (Å²) in [5.41, 5.74) is -0.726. The zero-order valence-corrected chi connectivity index (χ0v) is 15.9. The van der Waals surface area contributed by atoms with E-state index in [1.165, 1.54) is 18.2 Å². The normalized spacial score (nSPS) is 16.2. The van der Waals surface area contributed by atoms with Crippen molar-refractivity contribution in [2.45, 2.75) is 13.1 Å². The largest absolute Gasteiger partial charge is 0.494 e. The second kappa shape index (κ2) is 8.04. The van der Waals surface area contributed by atoms with Crippen LogP contribution < -0.4 is 15.0 Å². The highest BCUT2D eigenvalue weighted by molar-refractivity contribution is 7.80. The van der Waals surface area contributed by atoms with Crippen molar-refractivity contribution in [2.24, 2.45) is 0 Å². The van der Waals surface area contributed by atoms with E-state index in [-0.39, 0.29) is 16.4 Å². The SMILES string of the molecule is CCOc1ccc(/C=C2\C(=O)NC(=S)N(c3cccc(C(F)(F)F)c3)C2=O)cc1. The van der Waals surface area contributed by atoms with Crippen LogP contribution in [0, 0.1) is 0 Å². The minimum Gasteiger partial charge on any atom is -0.494 e. The number of thiocarbonyl (C=S) groups is 1. The number of nitrogens with one attached hydrogen (secondary N) is 1. The average Bonchev–Trinajstić information content (AvgIpc) is 2.66. The Morgan fingerprint density at radius 1 is 1.14 bits per heavy atom. The number of halogens is 3. The van der Waals surface area contributed by atoms with Gasteiger partial charge >= 0.3 is 6.18 Å². The summed E-state index contributed by atoms with van der Waals surface area (Å²) in [5.74, 6) is -0.912. The Bertz CT molecular complexity index is 1000. The molecule has 2 amide bonds. The van der Waals surface area contributed by atoms with Gasteiger partial charge in [-0.05, 0) is 61.1 Å². The van der Waals surface area contributed by atoms with Gasteiger partial charge in [0.15, 0.2) is 5.11 Å². The van der Waals surface area contributed by atoms with Gasteiger partial charge < -0.3 is 4.74 Å². The lowest BCUT2D eigenvalue weighted by Gasteiger charge is -2.29. The van der Waals surface area contributed by atoms with Crippen LogP contribution in [0.4, 0.5) is 18.9 Å². The Morgan fingerprint density at radius 3 is 2.45 bits per heavy atom. The van der Waals surface area contributed by atoms with Crippen LogP contribution in [0.5, 0.6) is 5.75 Å². The van der Waals surface area contributed by atoms with Crippen molar-refractivity contribution in [1.82, 2.24) is 5.32 Å². The van der Waals surface area contributed by atoms with E-state index < -0.39 is 23.6 Å². The quantitative estimate of drug-likeness (QED) is 0.463. The molecule has 1 fully saturated rings. The molecule has 2 aromatic carbocycles. The summed E-state index contributed by atoms with van der Waals surface area (Å²) < 4.78 is 44.4. The molecule has 5 nitrogen and oxygen atoms in total. The fourth-order valence-electron chi connectivity index (χ4n) is 2.71. The second-order valence-corrected chi connectivity index (χ2v) is 6.39. The van der Waals surface area contributed by atoms with Crippen molar-refractivity contribution < 1.29 is 27.5 Å². The fourth-order valence-corrected chi connectivity index (χ4v) is 2.99. The summed E-state index contributed by atoms with van der Waals surface area (Å²) in [6.07, 6.45) is -3.24. The lowest BCUT2D eigenvalue weighted by molar-refractivity contribution is -0.137. The average molecular weight is 420 g/mol. The first-order valence-electron chi connectivity index (χ1n) is 8.52. The molecule has 0 saturated carbocycles. The number of anilines is 1. The molecule has 1 aliphatic heterocycles. The Morgan fingerprint density at radius 2 is 1.83 bits per heavy atom. The molecule has 29 heavy (non-hydrogen) atoms. The number of benzene rings is 2. The van der Waals surface area contributed by atoms with Crippen molar-refractivity contribution in [2.75, 3.05) is 11.5 Å². The standard InChI is InChI=1S/C20H15F3N2O3S/c1-2-28-15-8-6-12(7-9-15)10-16-17(26)24-19(29)25(18(16)27)14-5-3-4-13(11-14)20(21,22)23/h3-11H,2H2,1H3,(H,24,26,29)/b16-10+. The number of hydrogen-bond acceptors (Lipinski definition) is 4. The van der Waals surface area contributed by atoms with E-state index in [1.807, 2.05) is 6.92 Å². The number of ether oxygens (including phenoxy) is 1. The van der Waals surface area contributed by atoms with Crippen LogP contribution in [0.3, 0.4) is 0 Å². The highest BCUT2D eigenvalue weighted by Crippen LogP contribution is 2.32. The Balaban J connectivity index is 1.96. The predicted molar refractivity (Wildman–Crippen MR) is 105 cm³/mol. The molecule has 9 heteroatoms. The minimum atomic E-state index is -4.58. The van der Waals surface area contributed by atoms with Gasteiger partial charge in [0.25, 0.3) is 11.8 Å². The zero-order chi connectivity index (χ0) is 21.2. The van der Waals surface area contributed by atoms with Crippen molar-refractivity contribution in [3.63, 3.8) is 0 Å². The predicted octanol–water partition coefficient (Wildman–Crippen LogP) is 3.94. The minimum absolute atomic E-state index is 0.0904. The van der Waals surface area contributed by atoms with E-state index in [0.29, 0.717) is 17.9 Å². The van der Waals surface area contributed by atoms with Gasteiger partial charge in [0.1, 0.15) is 11.3 Å². The molecule has 0 radical (unpaired) electrons. The maximum absolute atomic E-state index is 13.0. The van der Waals surface area contributed by atoms with Gasteiger partial charge in [0.05, 0.1) is 17.9 Å². The maximum atomic E-state index is 13.0. The molecule has 1 N–H and O–H groups in total. The summed E-state index contributed by atoms with van der Waals surface area (Å²) in [6, 6.07) is 10.8. The Kier molecular flexibility index (Phi) is 5.69. The van der Waals surface area contributed by atoms with Crippen LogP contribution in [0.1, 0.15) is 18.1 Å². The summed E-state index contributed by atoms with van der Waals surface area (Å²) in [7, 11) is 0.